The van der Waals surface area contributed by atoms with Crippen molar-refractivity contribution < 1.29 is 61.3 Å². The Morgan fingerprint density at radius 2 is 0.889 bits per heavy atom. The van der Waals surface area contributed by atoms with Crippen LogP contribution in [0.1, 0.15) is 52.6 Å². The molecule has 4 N–H and O–H groups in total. The van der Waals surface area contributed by atoms with Gasteiger partial charge in [-0.05, 0) is 61.4 Å². The van der Waals surface area contributed by atoms with Crippen LogP contribution < -0.4 is 0 Å². The van der Waals surface area contributed by atoms with Gasteiger partial charge in [-0.15, -0.1) is 0 Å². The van der Waals surface area contributed by atoms with Gasteiger partial charge in [0.1, 0.15) is 0 Å². The van der Waals surface area contributed by atoms with Gasteiger partial charge in [0.2, 0.25) is 0 Å². The topological polar surface area (TPSA) is 149 Å². The zero-order chi connectivity index (χ0) is 20.0. The molecule has 0 atom stereocenters. The largest absolute Gasteiger partial charge is 0.478 e. The van der Waals surface area contributed by atoms with Gasteiger partial charge in [-0.2, -0.15) is 0 Å². The summed E-state index contributed by atoms with van der Waals surface area (Å²) >= 11 is 0. The first-order chi connectivity index (χ1) is 12.0. The fourth-order valence-electron chi connectivity index (χ4n) is 2.07. The standard InChI is InChI=1S/2C9H8O4.Ti/c2*1-5-4-6(8(10)11)2-3-7(5)9(12)13;/h2*2-4H,1H3,(H,10,11)(H,12,13);. The summed E-state index contributed by atoms with van der Waals surface area (Å²) < 4.78 is 0. The quantitative estimate of drug-likeness (QED) is 0.564. The predicted octanol–water partition coefficient (Wildman–Crippen LogP) is 2.78. The molecule has 0 spiro atoms. The Morgan fingerprint density at radius 1 is 0.593 bits per heavy atom. The summed E-state index contributed by atoms with van der Waals surface area (Å²) in [6, 6.07) is 7.82. The van der Waals surface area contributed by atoms with Crippen molar-refractivity contribution in [1.29, 1.82) is 0 Å². The monoisotopic (exact) mass is 408 g/mol. The van der Waals surface area contributed by atoms with Gasteiger partial charge in [-0.25, -0.2) is 19.2 Å². The van der Waals surface area contributed by atoms with Crippen LogP contribution in [0.15, 0.2) is 36.4 Å². The van der Waals surface area contributed by atoms with Gasteiger partial charge < -0.3 is 20.4 Å². The van der Waals surface area contributed by atoms with Crippen molar-refractivity contribution >= 4 is 23.9 Å². The number of hydrogen-bond donors (Lipinski definition) is 4. The van der Waals surface area contributed by atoms with Crippen molar-refractivity contribution in [2.45, 2.75) is 13.8 Å². The molecule has 0 aliphatic rings. The number of carbonyl (C=O) groups is 4. The van der Waals surface area contributed by atoms with E-state index in [-0.39, 0.29) is 44.0 Å². The minimum Gasteiger partial charge on any atom is -0.478 e. The molecular weight excluding hydrogens is 392 g/mol. The SMILES string of the molecule is Cc1cc(C(=O)O)ccc1C(=O)O.Cc1cc(C(=O)O)ccc1C(=O)O.[Ti]. The molecule has 0 unspecified atom stereocenters. The van der Waals surface area contributed by atoms with Crippen molar-refractivity contribution in [3.8, 4) is 0 Å². The second-order valence-corrected chi connectivity index (χ2v) is 5.28. The molecule has 9 heteroatoms. The molecule has 0 fully saturated rings. The Kier molecular flexibility index (Phi) is 9.12. The van der Waals surface area contributed by atoms with E-state index in [2.05, 4.69) is 0 Å². The van der Waals surface area contributed by atoms with E-state index in [1.54, 1.807) is 13.8 Å². The maximum atomic E-state index is 10.6. The molecule has 0 saturated heterocycles. The van der Waals surface area contributed by atoms with Gasteiger partial charge >= 0.3 is 23.9 Å². The Bertz CT molecular complexity index is 815. The first kappa shape index (κ1) is 24.0. The molecule has 8 nitrogen and oxygen atoms in total. The maximum absolute atomic E-state index is 10.6. The molecule has 0 aliphatic heterocycles. The van der Waals surface area contributed by atoms with Crippen LogP contribution in [0.2, 0.25) is 0 Å². The Morgan fingerprint density at radius 3 is 1.07 bits per heavy atom. The number of aromatic carboxylic acids is 4. The third-order valence-corrected chi connectivity index (χ3v) is 3.41. The minimum absolute atomic E-state index is 0. The summed E-state index contributed by atoms with van der Waals surface area (Å²) in [5, 5.41) is 34.5. The van der Waals surface area contributed by atoms with E-state index in [0.717, 1.165) is 0 Å². The fourth-order valence-corrected chi connectivity index (χ4v) is 2.07. The van der Waals surface area contributed by atoms with Gasteiger partial charge in [-0.3, -0.25) is 0 Å². The Hall–Kier alpha value is -2.97. The van der Waals surface area contributed by atoms with E-state index in [1.807, 2.05) is 0 Å². The molecule has 2 aromatic rings. The van der Waals surface area contributed by atoms with Gasteiger partial charge in [0.15, 0.2) is 0 Å². The molecule has 0 radical (unpaired) electrons. The van der Waals surface area contributed by atoms with Crippen LogP contribution in [0.5, 0.6) is 0 Å². The summed E-state index contributed by atoms with van der Waals surface area (Å²) in [6.45, 7) is 3.13. The fraction of sp³-hybridized carbons (Fsp3) is 0.111. The zero-order valence-electron chi connectivity index (χ0n) is 14.4. The molecule has 2 aromatic carbocycles. The average Bonchev–Trinajstić information content (AvgIpc) is 2.54. The van der Waals surface area contributed by atoms with Crippen LogP contribution in [-0.2, 0) is 21.7 Å². The van der Waals surface area contributed by atoms with Gasteiger partial charge in [0, 0.05) is 21.7 Å². The van der Waals surface area contributed by atoms with Crippen LogP contribution in [-0.4, -0.2) is 44.3 Å². The molecule has 0 amide bonds. The molecule has 2 rings (SSSR count). The summed E-state index contributed by atoms with van der Waals surface area (Å²) in [5.74, 6) is -4.20. The summed E-state index contributed by atoms with van der Waals surface area (Å²) in [5.41, 5.74) is 1.36. The molecule has 0 heterocycles. The number of rotatable bonds is 4. The number of carboxylic acid groups (broad SMARTS) is 4. The van der Waals surface area contributed by atoms with E-state index < -0.39 is 23.9 Å². The Balaban J connectivity index is 0.000000483. The average molecular weight is 408 g/mol. The molecule has 0 bridgehead atoms. The van der Waals surface area contributed by atoms with Crippen LogP contribution in [0.25, 0.3) is 0 Å². The predicted molar refractivity (Wildman–Crippen MR) is 90.2 cm³/mol. The first-order valence-corrected chi connectivity index (χ1v) is 7.19. The zero-order valence-corrected chi connectivity index (χ0v) is 15.9. The third kappa shape index (κ3) is 6.69. The van der Waals surface area contributed by atoms with Crippen molar-refractivity contribution in [3.05, 3.63) is 69.8 Å². The smallest absolute Gasteiger partial charge is 0.335 e. The molecule has 27 heavy (non-hydrogen) atoms. The van der Waals surface area contributed by atoms with Crippen molar-refractivity contribution in [2.75, 3.05) is 0 Å². The maximum Gasteiger partial charge on any atom is 0.335 e. The van der Waals surface area contributed by atoms with E-state index >= 15 is 0 Å². The van der Waals surface area contributed by atoms with Crippen molar-refractivity contribution in [1.82, 2.24) is 0 Å². The molecule has 0 aromatic heterocycles. The molecule has 0 saturated carbocycles. The van der Waals surface area contributed by atoms with Crippen LogP contribution in [0, 0.1) is 13.8 Å². The van der Waals surface area contributed by atoms with Crippen molar-refractivity contribution in [3.63, 3.8) is 0 Å². The third-order valence-electron chi connectivity index (χ3n) is 3.41. The molecule has 140 valence electrons. The van der Waals surface area contributed by atoms with Gasteiger partial charge in [0.25, 0.3) is 0 Å². The summed E-state index contributed by atoms with van der Waals surface area (Å²) in [7, 11) is 0. The van der Waals surface area contributed by atoms with E-state index in [4.69, 9.17) is 20.4 Å². The first-order valence-electron chi connectivity index (χ1n) is 7.19. The van der Waals surface area contributed by atoms with Crippen molar-refractivity contribution in [2.24, 2.45) is 0 Å². The van der Waals surface area contributed by atoms with Crippen LogP contribution >= 0.6 is 0 Å². The number of aryl methyl sites for hydroxylation is 2. The summed E-state index contributed by atoms with van der Waals surface area (Å²) in [6.07, 6.45) is 0. The molecule has 0 aliphatic carbocycles. The number of benzene rings is 2. The number of hydrogen-bond acceptors (Lipinski definition) is 4. The van der Waals surface area contributed by atoms with E-state index in [9.17, 15) is 19.2 Å². The Labute approximate surface area is 169 Å². The van der Waals surface area contributed by atoms with E-state index in [0.29, 0.717) is 11.1 Å². The van der Waals surface area contributed by atoms with Gasteiger partial charge in [0.05, 0.1) is 22.3 Å². The van der Waals surface area contributed by atoms with Gasteiger partial charge in [-0.1, -0.05) is 0 Å². The minimum atomic E-state index is -1.06. The summed E-state index contributed by atoms with van der Waals surface area (Å²) in [4.78, 5) is 42.1. The van der Waals surface area contributed by atoms with E-state index in [1.165, 1.54) is 36.4 Å². The van der Waals surface area contributed by atoms with Crippen LogP contribution in [0.4, 0.5) is 0 Å². The van der Waals surface area contributed by atoms with Crippen LogP contribution in [0.3, 0.4) is 0 Å². The second-order valence-electron chi connectivity index (χ2n) is 5.28. The number of carboxylic acids is 4. The second kappa shape index (κ2) is 10.2. The molecular formula is C18H16O8Ti. The normalized spacial score (nSPS) is 9.26.